The van der Waals surface area contributed by atoms with Crippen molar-refractivity contribution in [1.29, 1.82) is 5.26 Å². The molecule has 0 aliphatic rings. The van der Waals surface area contributed by atoms with Gasteiger partial charge in [0, 0.05) is 11.8 Å². The van der Waals surface area contributed by atoms with Crippen molar-refractivity contribution in [1.82, 2.24) is 4.98 Å². The van der Waals surface area contributed by atoms with Gasteiger partial charge in [-0.25, -0.2) is 18.6 Å². The minimum Gasteiger partial charge on any atom is -0.465 e. The van der Waals surface area contributed by atoms with Gasteiger partial charge in [-0.1, -0.05) is 0 Å². The van der Waals surface area contributed by atoms with Crippen LogP contribution in [0.2, 0.25) is 0 Å². The Labute approximate surface area is 90.5 Å². The van der Waals surface area contributed by atoms with Gasteiger partial charge in [-0.2, -0.15) is 5.26 Å². The van der Waals surface area contributed by atoms with Crippen molar-refractivity contribution < 1.29 is 18.3 Å². The van der Waals surface area contributed by atoms with Crippen molar-refractivity contribution in [3.05, 3.63) is 28.6 Å². The van der Waals surface area contributed by atoms with E-state index in [4.69, 9.17) is 5.26 Å². The quantitative estimate of drug-likeness (QED) is 0.723. The van der Waals surface area contributed by atoms with E-state index < -0.39 is 18.0 Å². The summed E-state index contributed by atoms with van der Waals surface area (Å²) in [6, 6.07) is 1.72. The van der Waals surface area contributed by atoms with E-state index in [-0.39, 0.29) is 16.8 Å². The first-order chi connectivity index (χ1) is 7.52. The van der Waals surface area contributed by atoms with Gasteiger partial charge in [0.15, 0.2) is 0 Å². The lowest BCUT2D eigenvalue weighted by molar-refractivity contribution is 0.0588. The largest absolute Gasteiger partial charge is 0.465 e. The first-order valence-corrected chi connectivity index (χ1v) is 4.29. The van der Waals surface area contributed by atoms with Gasteiger partial charge in [0.2, 0.25) is 0 Å². The summed E-state index contributed by atoms with van der Waals surface area (Å²) < 4.78 is 29.6. The van der Waals surface area contributed by atoms with Gasteiger partial charge in [0.1, 0.15) is 11.8 Å². The molecule has 0 aliphatic carbocycles. The number of alkyl halides is 2. The number of methoxy groups -OCH3 is 1. The lowest BCUT2D eigenvalue weighted by Gasteiger charge is -2.10. The number of nitrogens with zero attached hydrogens (tertiary/aromatic N) is 2. The van der Waals surface area contributed by atoms with E-state index in [0.29, 0.717) is 0 Å². The summed E-state index contributed by atoms with van der Waals surface area (Å²) in [4.78, 5) is 14.9. The Morgan fingerprint density at radius 1 is 1.62 bits per heavy atom. The second-order valence-electron chi connectivity index (χ2n) is 2.97. The van der Waals surface area contributed by atoms with E-state index in [2.05, 4.69) is 9.72 Å². The zero-order chi connectivity index (χ0) is 12.3. The summed E-state index contributed by atoms with van der Waals surface area (Å²) in [5, 5.41) is 8.67. The molecule has 0 fully saturated rings. The molecular weight excluding hydrogens is 218 g/mol. The Morgan fingerprint density at radius 3 is 2.69 bits per heavy atom. The summed E-state index contributed by atoms with van der Waals surface area (Å²) >= 11 is 0. The molecule has 0 atom stereocenters. The lowest BCUT2D eigenvalue weighted by Crippen LogP contribution is -2.11. The van der Waals surface area contributed by atoms with Gasteiger partial charge in [-0.05, 0) is 6.92 Å². The highest BCUT2D eigenvalue weighted by molar-refractivity contribution is 5.93. The Kier molecular flexibility index (Phi) is 3.51. The first-order valence-electron chi connectivity index (χ1n) is 4.29. The summed E-state index contributed by atoms with van der Waals surface area (Å²) in [7, 11) is 1.09. The molecule has 4 nitrogen and oxygen atoms in total. The van der Waals surface area contributed by atoms with E-state index in [1.165, 1.54) is 6.92 Å². The minimum atomic E-state index is -2.84. The molecule has 0 saturated heterocycles. The predicted octanol–water partition coefficient (Wildman–Crippen LogP) is 1.99. The van der Waals surface area contributed by atoms with E-state index in [1.807, 2.05) is 0 Å². The van der Waals surface area contributed by atoms with Crippen LogP contribution in [0.15, 0.2) is 6.20 Å². The zero-order valence-corrected chi connectivity index (χ0v) is 8.62. The van der Waals surface area contributed by atoms with Crippen LogP contribution in [0.5, 0.6) is 0 Å². The number of carbonyl (C=O) groups excluding carboxylic acids is 1. The minimum absolute atomic E-state index is 0.0650. The molecule has 0 unspecified atom stereocenters. The summed E-state index contributed by atoms with van der Waals surface area (Å²) in [5.41, 5.74) is -0.774. The highest BCUT2D eigenvalue weighted by Crippen LogP contribution is 2.26. The Bertz CT molecular complexity index is 467. The smallest absolute Gasteiger partial charge is 0.338 e. The number of nitriles is 1. The van der Waals surface area contributed by atoms with Crippen LogP contribution in [0.3, 0.4) is 0 Å². The number of halogens is 2. The molecule has 0 aromatic carbocycles. The summed E-state index contributed by atoms with van der Waals surface area (Å²) in [6.07, 6.45) is -2.02. The average Bonchev–Trinajstić information content (AvgIpc) is 2.27. The number of pyridine rings is 1. The van der Waals surface area contributed by atoms with Gasteiger partial charge >= 0.3 is 5.97 Å². The van der Waals surface area contributed by atoms with E-state index in [0.717, 1.165) is 13.3 Å². The van der Waals surface area contributed by atoms with Gasteiger partial charge in [-0.15, -0.1) is 0 Å². The van der Waals surface area contributed by atoms with E-state index >= 15 is 0 Å². The Hall–Kier alpha value is -2.03. The van der Waals surface area contributed by atoms with Crippen LogP contribution in [0.4, 0.5) is 8.78 Å². The zero-order valence-electron chi connectivity index (χ0n) is 8.62. The molecule has 1 rings (SSSR count). The highest BCUT2D eigenvalue weighted by Gasteiger charge is 2.23. The maximum atomic E-state index is 12.6. The topological polar surface area (TPSA) is 63.0 Å². The fraction of sp³-hybridized carbons (Fsp3) is 0.300. The molecule has 0 N–H and O–H groups in total. The van der Waals surface area contributed by atoms with Crippen LogP contribution >= 0.6 is 0 Å². The molecule has 6 heteroatoms. The maximum absolute atomic E-state index is 12.6. The van der Waals surface area contributed by atoms with Crippen LogP contribution in [0.1, 0.15) is 33.6 Å². The molecule has 0 radical (unpaired) electrons. The molecule has 1 aromatic heterocycles. The second-order valence-corrected chi connectivity index (χ2v) is 2.97. The van der Waals surface area contributed by atoms with Crippen LogP contribution in [-0.4, -0.2) is 18.1 Å². The molecule has 0 aliphatic heterocycles. The Morgan fingerprint density at radius 2 is 2.25 bits per heavy atom. The third-order valence-electron chi connectivity index (χ3n) is 2.08. The van der Waals surface area contributed by atoms with Crippen LogP contribution in [-0.2, 0) is 4.74 Å². The number of aromatic nitrogens is 1. The van der Waals surface area contributed by atoms with Gasteiger partial charge < -0.3 is 4.74 Å². The van der Waals surface area contributed by atoms with Gasteiger partial charge in [0.05, 0.1) is 18.2 Å². The van der Waals surface area contributed by atoms with Crippen molar-refractivity contribution in [2.24, 2.45) is 0 Å². The van der Waals surface area contributed by atoms with E-state index in [1.54, 1.807) is 6.07 Å². The summed E-state index contributed by atoms with van der Waals surface area (Å²) in [6.45, 7) is 1.38. The second kappa shape index (κ2) is 4.66. The molecular formula is C10H8F2N2O2. The molecule has 0 spiro atoms. The van der Waals surface area contributed by atoms with Crippen molar-refractivity contribution in [2.75, 3.05) is 7.11 Å². The van der Waals surface area contributed by atoms with Crippen molar-refractivity contribution in [3.63, 3.8) is 0 Å². The van der Waals surface area contributed by atoms with Gasteiger partial charge in [0.25, 0.3) is 6.43 Å². The number of hydrogen-bond acceptors (Lipinski definition) is 4. The lowest BCUT2D eigenvalue weighted by atomic mass is 10.0. The fourth-order valence-electron chi connectivity index (χ4n) is 1.28. The standard InChI is InChI=1S/C10H8F2N2O2/c1-5-7(3-13)14-4-6(9(11)12)8(5)10(15)16-2/h4,9H,1-2H3. The molecule has 0 saturated carbocycles. The molecule has 0 amide bonds. The Balaban J connectivity index is 3.50. The average molecular weight is 226 g/mol. The fourth-order valence-corrected chi connectivity index (χ4v) is 1.28. The van der Waals surface area contributed by atoms with Crippen LogP contribution < -0.4 is 0 Å². The van der Waals surface area contributed by atoms with Crippen molar-refractivity contribution in [3.8, 4) is 6.07 Å². The number of rotatable bonds is 2. The predicted molar refractivity (Wildman–Crippen MR) is 50.0 cm³/mol. The molecule has 0 bridgehead atoms. The number of hydrogen-bond donors (Lipinski definition) is 0. The number of esters is 1. The molecule has 1 aromatic rings. The van der Waals surface area contributed by atoms with Crippen LogP contribution in [0, 0.1) is 18.3 Å². The monoisotopic (exact) mass is 226 g/mol. The van der Waals surface area contributed by atoms with Crippen molar-refractivity contribution in [2.45, 2.75) is 13.3 Å². The summed E-state index contributed by atoms with van der Waals surface area (Å²) in [5.74, 6) is -0.897. The third kappa shape index (κ3) is 1.98. The molecule has 16 heavy (non-hydrogen) atoms. The molecule has 1 heterocycles. The number of carbonyl (C=O) groups is 1. The SMILES string of the molecule is COC(=O)c1c(C(F)F)cnc(C#N)c1C. The third-order valence-corrected chi connectivity index (χ3v) is 2.08. The normalized spacial score (nSPS) is 10.0. The highest BCUT2D eigenvalue weighted by atomic mass is 19.3. The van der Waals surface area contributed by atoms with Crippen LogP contribution in [0.25, 0.3) is 0 Å². The van der Waals surface area contributed by atoms with Crippen molar-refractivity contribution >= 4 is 5.97 Å². The van der Waals surface area contributed by atoms with Gasteiger partial charge in [-0.3, -0.25) is 0 Å². The first kappa shape index (κ1) is 12.0. The molecule has 84 valence electrons. The van der Waals surface area contributed by atoms with E-state index in [9.17, 15) is 13.6 Å². The maximum Gasteiger partial charge on any atom is 0.338 e. The number of ether oxygens (including phenoxy) is 1.